The van der Waals surface area contributed by atoms with Crippen LogP contribution in [0.5, 0.6) is 0 Å². The maximum Gasteiger partial charge on any atom is 0.205 e. The van der Waals surface area contributed by atoms with Gasteiger partial charge in [-0.1, -0.05) is 19.3 Å². The molecule has 0 radical (unpaired) electrons. The molecule has 3 fully saturated rings. The van der Waals surface area contributed by atoms with Crippen LogP contribution in [0.15, 0.2) is 6.20 Å². The molecule has 4 heteroatoms. The van der Waals surface area contributed by atoms with Gasteiger partial charge in [0.2, 0.25) is 5.95 Å². The van der Waals surface area contributed by atoms with Gasteiger partial charge in [-0.3, -0.25) is 0 Å². The molecule has 1 aromatic heterocycles. The quantitative estimate of drug-likeness (QED) is 0.898. The molecule has 2 saturated heterocycles. The summed E-state index contributed by atoms with van der Waals surface area (Å²) in [4.78, 5) is 7.42. The Morgan fingerprint density at radius 1 is 1.10 bits per heavy atom. The monoisotopic (exact) mass is 274 g/mol. The van der Waals surface area contributed by atoms with E-state index < -0.39 is 0 Å². The third-order valence-corrected chi connectivity index (χ3v) is 5.47. The molecule has 1 saturated carbocycles. The van der Waals surface area contributed by atoms with E-state index in [1.54, 1.807) is 0 Å². The second-order valence-electron chi connectivity index (χ2n) is 6.96. The lowest BCUT2D eigenvalue weighted by atomic mass is 9.95. The first kappa shape index (κ1) is 12.7. The molecule has 1 aliphatic carbocycles. The van der Waals surface area contributed by atoms with Gasteiger partial charge in [0.15, 0.2) is 0 Å². The van der Waals surface area contributed by atoms with Crippen molar-refractivity contribution in [3.8, 4) is 0 Å². The fourth-order valence-corrected chi connectivity index (χ4v) is 4.38. The first-order valence-electron chi connectivity index (χ1n) is 8.32. The van der Waals surface area contributed by atoms with E-state index in [1.807, 2.05) is 0 Å². The van der Waals surface area contributed by atoms with Crippen LogP contribution in [-0.4, -0.2) is 35.7 Å². The van der Waals surface area contributed by atoms with Crippen LogP contribution >= 0.6 is 0 Å². The molecule has 4 rings (SSSR count). The Kier molecular flexibility index (Phi) is 3.21. The zero-order chi connectivity index (χ0) is 13.5. The number of aromatic nitrogens is 2. The van der Waals surface area contributed by atoms with E-state index in [1.165, 1.54) is 69.9 Å². The lowest BCUT2D eigenvalue weighted by Crippen LogP contribution is -2.29. The summed E-state index contributed by atoms with van der Waals surface area (Å²) in [5.74, 6) is 2.93. The zero-order valence-corrected chi connectivity index (χ0v) is 12.5. The van der Waals surface area contributed by atoms with Gasteiger partial charge in [-0.2, -0.15) is 0 Å². The number of aryl methyl sites for hydroxylation is 1. The third-order valence-electron chi connectivity index (χ3n) is 5.47. The average molecular weight is 274 g/mol. The van der Waals surface area contributed by atoms with E-state index in [9.17, 15) is 0 Å². The number of rotatable bonds is 2. The van der Waals surface area contributed by atoms with Gasteiger partial charge >= 0.3 is 0 Å². The van der Waals surface area contributed by atoms with Crippen LogP contribution in [0.3, 0.4) is 0 Å². The molecule has 2 aliphatic heterocycles. The molecule has 4 nitrogen and oxygen atoms in total. The number of fused-ring (bicyclic) bond motifs is 1. The summed E-state index contributed by atoms with van der Waals surface area (Å²) in [6.45, 7) is 6.93. The Hall–Kier alpha value is -1.03. The highest BCUT2D eigenvalue weighted by atomic mass is 15.3. The lowest BCUT2D eigenvalue weighted by Gasteiger charge is -2.28. The number of anilines is 1. The Bertz CT molecular complexity index is 463. The number of hydrogen-bond acceptors (Lipinski definition) is 3. The van der Waals surface area contributed by atoms with Crippen molar-refractivity contribution in [2.24, 2.45) is 11.8 Å². The first-order valence-corrected chi connectivity index (χ1v) is 8.32. The van der Waals surface area contributed by atoms with Gasteiger partial charge in [-0.25, -0.2) is 4.98 Å². The summed E-state index contributed by atoms with van der Waals surface area (Å²) >= 11 is 0. The molecule has 0 aromatic carbocycles. The van der Waals surface area contributed by atoms with E-state index >= 15 is 0 Å². The first-order chi connectivity index (χ1) is 9.81. The van der Waals surface area contributed by atoms with Gasteiger partial charge in [0, 0.05) is 38.4 Å². The fraction of sp³-hybridized carbons (Fsp3) is 0.812. The summed E-state index contributed by atoms with van der Waals surface area (Å²) in [5, 5.41) is 3.53. The summed E-state index contributed by atoms with van der Waals surface area (Å²) in [5.41, 5.74) is 1.18. The van der Waals surface area contributed by atoms with Crippen LogP contribution in [0.2, 0.25) is 0 Å². The third kappa shape index (κ3) is 2.14. The van der Waals surface area contributed by atoms with Crippen molar-refractivity contribution in [1.29, 1.82) is 0 Å². The van der Waals surface area contributed by atoms with Crippen LogP contribution in [0.25, 0.3) is 0 Å². The van der Waals surface area contributed by atoms with Crippen LogP contribution in [0, 0.1) is 18.8 Å². The molecule has 2 atom stereocenters. The maximum atomic E-state index is 4.86. The van der Waals surface area contributed by atoms with Gasteiger partial charge in [0.1, 0.15) is 0 Å². The highest BCUT2D eigenvalue weighted by molar-refractivity contribution is 5.37. The minimum absolute atomic E-state index is 0.693. The minimum Gasteiger partial charge on any atom is -0.342 e. The van der Waals surface area contributed by atoms with Crippen molar-refractivity contribution < 1.29 is 0 Å². The van der Waals surface area contributed by atoms with Gasteiger partial charge in [-0.05, 0) is 31.6 Å². The van der Waals surface area contributed by atoms with Crippen molar-refractivity contribution in [3.63, 3.8) is 0 Å². The summed E-state index contributed by atoms with van der Waals surface area (Å²) in [6, 6.07) is 0.693. The van der Waals surface area contributed by atoms with E-state index in [0.29, 0.717) is 6.04 Å². The van der Waals surface area contributed by atoms with Crippen LogP contribution in [0.4, 0.5) is 5.95 Å². The molecule has 1 aromatic rings. The second kappa shape index (κ2) is 5.06. The summed E-state index contributed by atoms with van der Waals surface area (Å²) in [6.07, 6.45) is 9.15. The van der Waals surface area contributed by atoms with Crippen LogP contribution < -0.4 is 10.2 Å². The molecule has 110 valence electrons. The molecule has 0 amide bonds. The molecule has 3 heterocycles. The molecular weight excluding hydrogens is 248 g/mol. The van der Waals surface area contributed by atoms with Crippen molar-refractivity contribution in [1.82, 2.24) is 14.9 Å². The Labute approximate surface area is 121 Å². The maximum absolute atomic E-state index is 4.86. The largest absolute Gasteiger partial charge is 0.342 e. The molecule has 20 heavy (non-hydrogen) atoms. The summed E-state index contributed by atoms with van der Waals surface area (Å²) < 4.78 is 2.50. The minimum atomic E-state index is 0.693. The Morgan fingerprint density at radius 2 is 1.80 bits per heavy atom. The highest BCUT2D eigenvalue weighted by Gasteiger charge is 2.38. The average Bonchev–Trinajstić information content (AvgIpc) is 3.12. The van der Waals surface area contributed by atoms with Crippen LogP contribution in [0.1, 0.15) is 43.8 Å². The number of nitrogens with one attached hydrogen (secondary N) is 1. The van der Waals surface area contributed by atoms with Crippen LogP contribution in [-0.2, 0) is 0 Å². The van der Waals surface area contributed by atoms with Crippen molar-refractivity contribution in [3.05, 3.63) is 11.9 Å². The molecule has 0 bridgehead atoms. The zero-order valence-electron chi connectivity index (χ0n) is 12.5. The number of nitrogens with zero attached hydrogens (tertiary/aromatic N) is 3. The van der Waals surface area contributed by atoms with Gasteiger partial charge in [0.05, 0.1) is 5.69 Å². The normalized spacial score (nSPS) is 30.9. The van der Waals surface area contributed by atoms with E-state index in [2.05, 4.69) is 27.9 Å². The van der Waals surface area contributed by atoms with Crippen molar-refractivity contribution >= 4 is 5.95 Å². The van der Waals surface area contributed by atoms with Crippen molar-refractivity contribution in [2.75, 3.05) is 31.1 Å². The van der Waals surface area contributed by atoms with Gasteiger partial charge in [-0.15, -0.1) is 0 Å². The Balaban J connectivity index is 1.58. The molecule has 0 spiro atoms. The number of imidazole rings is 1. The smallest absolute Gasteiger partial charge is 0.205 e. The van der Waals surface area contributed by atoms with Crippen molar-refractivity contribution in [2.45, 2.75) is 45.1 Å². The second-order valence-corrected chi connectivity index (χ2v) is 6.96. The van der Waals surface area contributed by atoms with Gasteiger partial charge in [0.25, 0.3) is 0 Å². The molecule has 1 N–H and O–H groups in total. The lowest BCUT2D eigenvalue weighted by molar-refractivity contribution is 0.353. The highest BCUT2D eigenvalue weighted by Crippen LogP contribution is 2.35. The molecule has 0 unspecified atom stereocenters. The predicted molar refractivity (Wildman–Crippen MR) is 81.1 cm³/mol. The van der Waals surface area contributed by atoms with E-state index in [4.69, 9.17) is 4.98 Å². The van der Waals surface area contributed by atoms with Gasteiger partial charge < -0.3 is 14.8 Å². The number of hydrogen-bond donors (Lipinski definition) is 1. The Morgan fingerprint density at radius 3 is 2.50 bits per heavy atom. The topological polar surface area (TPSA) is 33.1 Å². The molecular formula is C16H26N4. The predicted octanol–water partition coefficient (Wildman–Crippen LogP) is 2.35. The fourth-order valence-electron chi connectivity index (χ4n) is 4.38. The summed E-state index contributed by atoms with van der Waals surface area (Å²) in [7, 11) is 0. The van der Waals surface area contributed by atoms with E-state index in [0.717, 1.165) is 11.8 Å². The SMILES string of the molecule is Cc1cn(C2CCCCC2)c(N2C[C@H]3CNC[C@H]3C2)n1. The standard InChI is InChI=1S/C16H26N4/c1-12-9-20(15-5-3-2-4-6-15)16(18-12)19-10-13-7-17-8-14(13)11-19/h9,13-15,17H,2-8,10-11H2,1H3/t13-,14+. The van der Waals surface area contributed by atoms with E-state index in [-0.39, 0.29) is 0 Å². The molecule has 3 aliphatic rings.